The lowest BCUT2D eigenvalue weighted by Crippen LogP contribution is -2.05. The van der Waals surface area contributed by atoms with Crippen molar-refractivity contribution in [1.29, 1.82) is 0 Å². The van der Waals surface area contributed by atoms with Crippen LogP contribution < -0.4 is 5.32 Å². The van der Waals surface area contributed by atoms with Crippen molar-refractivity contribution in [2.45, 2.75) is 33.7 Å². The van der Waals surface area contributed by atoms with Gasteiger partial charge in [0.05, 0.1) is 5.69 Å². The van der Waals surface area contributed by atoms with Crippen LogP contribution in [-0.4, -0.2) is 9.55 Å². The zero-order valence-electron chi connectivity index (χ0n) is 10.9. The van der Waals surface area contributed by atoms with Gasteiger partial charge in [0.15, 0.2) is 0 Å². The Kier molecular flexibility index (Phi) is 3.18. The van der Waals surface area contributed by atoms with Gasteiger partial charge >= 0.3 is 0 Å². The first-order valence-electron chi connectivity index (χ1n) is 5.95. The number of hydrogen-bond acceptors (Lipinski definition) is 2. The molecule has 0 radical (unpaired) electrons. The fourth-order valence-electron chi connectivity index (χ4n) is 1.85. The standard InChI is InChI=1S/C14H19N3/c1-10(2)17-9-12(4)15-14(17)16-13-7-5-6-11(3)8-13/h5-10H,1-4H3,(H,15,16). The Labute approximate surface area is 103 Å². The Morgan fingerprint density at radius 3 is 2.65 bits per heavy atom. The van der Waals surface area contributed by atoms with Gasteiger partial charge in [0.2, 0.25) is 5.95 Å². The average molecular weight is 229 g/mol. The zero-order valence-corrected chi connectivity index (χ0v) is 10.9. The van der Waals surface area contributed by atoms with Gasteiger partial charge in [-0.05, 0) is 45.4 Å². The van der Waals surface area contributed by atoms with Crippen molar-refractivity contribution in [1.82, 2.24) is 9.55 Å². The van der Waals surface area contributed by atoms with E-state index in [-0.39, 0.29) is 0 Å². The van der Waals surface area contributed by atoms with Crippen molar-refractivity contribution in [3.05, 3.63) is 41.7 Å². The lowest BCUT2D eigenvalue weighted by Gasteiger charge is -2.12. The predicted molar refractivity (Wildman–Crippen MR) is 71.8 cm³/mol. The Morgan fingerprint density at radius 1 is 1.24 bits per heavy atom. The van der Waals surface area contributed by atoms with E-state index in [1.54, 1.807) is 0 Å². The number of hydrogen-bond donors (Lipinski definition) is 1. The molecule has 0 saturated heterocycles. The maximum atomic E-state index is 4.51. The van der Waals surface area contributed by atoms with Crippen molar-refractivity contribution >= 4 is 11.6 Å². The molecule has 2 rings (SSSR count). The molecule has 0 atom stereocenters. The quantitative estimate of drug-likeness (QED) is 0.867. The fourth-order valence-corrected chi connectivity index (χ4v) is 1.85. The third-order valence-electron chi connectivity index (χ3n) is 2.68. The first kappa shape index (κ1) is 11.7. The molecule has 0 unspecified atom stereocenters. The number of aryl methyl sites for hydroxylation is 2. The molecule has 0 aliphatic carbocycles. The second-order valence-electron chi connectivity index (χ2n) is 4.70. The fraction of sp³-hybridized carbons (Fsp3) is 0.357. The van der Waals surface area contributed by atoms with Gasteiger partial charge in [-0.15, -0.1) is 0 Å². The molecule has 3 nitrogen and oxygen atoms in total. The summed E-state index contributed by atoms with van der Waals surface area (Å²) in [6, 6.07) is 8.72. The van der Waals surface area contributed by atoms with Crippen LogP contribution in [0.3, 0.4) is 0 Å². The van der Waals surface area contributed by atoms with Crippen LogP contribution in [0.4, 0.5) is 11.6 Å². The highest BCUT2D eigenvalue weighted by molar-refractivity contribution is 5.55. The summed E-state index contributed by atoms with van der Waals surface area (Å²) in [4.78, 5) is 4.51. The largest absolute Gasteiger partial charge is 0.326 e. The van der Waals surface area contributed by atoms with E-state index >= 15 is 0 Å². The van der Waals surface area contributed by atoms with Crippen molar-refractivity contribution in [2.24, 2.45) is 0 Å². The van der Waals surface area contributed by atoms with E-state index in [1.807, 2.05) is 13.0 Å². The molecule has 1 N–H and O–H groups in total. The third kappa shape index (κ3) is 2.67. The SMILES string of the molecule is Cc1cccc(Nc2nc(C)cn2C(C)C)c1. The van der Waals surface area contributed by atoms with Gasteiger partial charge in [-0.3, -0.25) is 0 Å². The van der Waals surface area contributed by atoms with Gasteiger partial charge in [-0.1, -0.05) is 12.1 Å². The topological polar surface area (TPSA) is 29.9 Å². The number of benzene rings is 1. The van der Waals surface area contributed by atoms with Gasteiger partial charge in [0, 0.05) is 17.9 Å². The third-order valence-corrected chi connectivity index (χ3v) is 2.68. The van der Waals surface area contributed by atoms with Crippen molar-refractivity contribution in [3.63, 3.8) is 0 Å². The summed E-state index contributed by atoms with van der Waals surface area (Å²) < 4.78 is 2.15. The highest BCUT2D eigenvalue weighted by atomic mass is 15.2. The summed E-state index contributed by atoms with van der Waals surface area (Å²) in [5.41, 5.74) is 3.36. The van der Waals surface area contributed by atoms with Crippen LogP contribution in [0.15, 0.2) is 30.5 Å². The monoisotopic (exact) mass is 229 g/mol. The van der Waals surface area contributed by atoms with Crippen LogP contribution in [0.2, 0.25) is 0 Å². The smallest absolute Gasteiger partial charge is 0.207 e. The molecule has 17 heavy (non-hydrogen) atoms. The lowest BCUT2D eigenvalue weighted by molar-refractivity contribution is 0.607. The Morgan fingerprint density at radius 2 is 2.00 bits per heavy atom. The second-order valence-corrected chi connectivity index (χ2v) is 4.70. The normalized spacial score (nSPS) is 10.9. The van der Waals surface area contributed by atoms with E-state index in [1.165, 1.54) is 5.56 Å². The molecular formula is C14H19N3. The van der Waals surface area contributed by atoms with Crippen LogP contribution in [0.1, 0.15) is 31.1 Å². The minimum atomic E-state index is 0.406. The summed E-state index contributed by atoms with van der Waals surface area (Å²) in [6.45, 7) is 8.41. The summed E-state index contributed by atoms with van der Waals surface area (Å²) in [5, 5.41) is 3.37. The minimum absolute atomic E-state index is 0.406. The Hall–Kier alpha value is -1.77. The van der Waals surface area contributed by atoms with E-state index in [0.29, 0.717) is 6.04 Å². The highest BCUT2D eigenvalue weighted by Gasteiger charge is 2.08. The summed E-state index contributed by atoms with van der Waals surface area (Å²) in [7, 11) is 0. The summed E-state index contributed by atoms with van der Waals surface area (Å²) >= 11 is 0. The molecule has 1 aromatic heterocycles. The van der Waals surface area contributed by atoms with E-state index in [0.717, 1.165) is 17.3 Å². The van der Waals surface area contributed by atoms with Crippen LogP contribution in [0, 0.1) is 13.8 Å². The zero-order chi connectivity index (χ0) is 12.4. The van der Waals surface area contributed by atoms with E-state index < -0.39 is 0 Å². The van der Waals surface area contributed by atoms with Crippen LogP contribution in [-0.2, 0) is 0 Å². The van der Waals surface area contributed by atoms with E-state index in [9.17, 15) is 0 Å². The maximum absolute atomic E-state index is 4.51. The molecule has 0 aliphatic rings. The van der Waals surface area contributed by atoms with Crippen LogP contribution in [0.5, 0.6) is 0 Å². The second kappa shape index (κ2) is 4.62. The number of rotatable bonds is 3. The van der Waals surface area contributed by atoms with Crippen molar-refractivity contribution < 1.29 is 0 Å². The maximum Gasteiger partial charge on any atom is 0.207 e. The first-order valence-corrected chi connectivity index (χ1v) is 5.95. The van der Waals surface area contributed by atoms with Crippen LogP contribution in [0.25, 0.3) is 0 Å². The number of aromatic nitrogens is 2. The Bertz CT molecular complexity index is 512. The molecule has 3 heteroatoms. The molecule has 0 amide bonds. The van der Waals surface area contributed by atoms with Gasteiger partial charge in [0.1, 0.15) is 0 Å². The first-order chi connectivity index (χ1) is 8.06. The molecule has 1 heterocycles. The summed E-state index contributed by atoms with van der Waals surface area (Å²) in [6.07, 6.45) is 2.07. The molecule has 90 valence electrons. The minimum Gasteiger partial charge on any atom is -0.326 e. The molecule has 0 saturated carbocycles. The predicted octanol–water partition coefficient (Wildman–Crippen LogP) is 3.82. The van der Waals surface area contributed by atoms with Crippen molar-refractivity contribution in [3.8, 4) is 0 Å². The van der Waals surface area contributed by atoms with Gasteiger partial charge in [-0.25, -0.2) is 4.98 Å². The van der Waals surface area contributed by atoms with Crippen molar-refractivity contribution in [2.75, 3.05) is 5.32 Å². The van der Waals surface area contributed by atoms with E-state index in [2.05, 4.69) is 60.0 Å². The summed E-state index contributed by atoms with van der Waals surface area (Å²) in [5.74, 6) is 0.906. The number of imidazole rings is 1. The Balaban J connectivity index is 2.29. The van der Waals surface area contributed by atoms with Gasteiger partial charge < -0.3 is 9.88 Å². The van der Waals surface area contributed by atoms with Crippen LogP contribution >= 0.6 is 0 Å². The van der Waals surface area contributed by atoms with E-state index in [4.69, 9.17) is 0 Å². The molecule has 0 spiro atoms. The highest BCUT2D eigenvalue weighted by Crippen LogP contribution is 2.20. The molecule has 0 bridgehead atoms. The van der Waals surface area contributed by atoms with Gasteiger partial charge in [0.25, 0.3) is 0 Å². The number of nitrogens with one attached hydrogen (secondary N) is 1. The number of anilines is 2. The number of nitrogens with zero attached hydrogens (tertiary/aromatic N) is 2. The molecule has 0 aliphatic heterocycles. The average Bonchev–Trinajstić information content (AvgIpc) is 2.59. The van der Waals surface area contributed by atoms with Gasteiger partial charge in [-0.2, -0.15) is 0 Å². The molecule has 1 aromatic carbocycles. The molecule has 2 aromatic rings. The molecular weight excluding hydrogens is 210 g/mol. The lowest BCUT2D eigenvalue weighted by atomic mass is 10.2. The molecule has 0 fully saturated rings.